The van der Waals surface area contributed by atoms with Crippen molar-refractivity contribution in [3.05, 3.63) is 83.7 Å². The molecule has 3 nitrogen and oxygen atoms in total. The van der Waals surface area contributed by atoms with Crippen LogP contribution in [0.4, 0.5) is 4.39 Å². The summed E-state index contributed by atoms with van der Waals surface area (Å²) < 4.78 is 26.7. The van der Waals surface area contributed by atoms with Crippen molar-refractivity contribution in [1.82, 2.24) is 0 Å². The fraction of sp³-hybridized carbons (Fsp3) is 0.348. The summed E-state index contributed by atoms with van der Waals surface area (Å²) in [5.74, 6) is -1.86. The first-order valence-corrected chi connectivity index (χ1v) is 9.33. The zero-order valence-corrected chi connectivity index (χ0v) is 15.3. The molecule has 1 saturated heterocycles. The molecule has 3 aliphatic rings. The molecule has 0 bridgehead atoms. The van der Waals surface area contributed by atoms with E-state index in [1.165, 1.54) is 0 Å². The number of ketones is 1. The van der Waals surface area contributed by atoms with Gasteiger partial charge in [0, 0.05) is 5.92 Å². The topological polar surface area (TPSA) is 35.5 Å². The van der Waals surface area contributed by atoms with Crippen LogP contribution in [0.25, 0.3) is 0 Å². The van der Waals surface area contributed by atoms with E-state index in [1.54, 1.807) is 19.9 Å². The van der Waals surface area contributed by atoms with Gasteiger partial charge in [0.1, 0.15) is 18.0 Å². The number of hydrogen-bond donors (Lipinski definition) is 0. The van der Waals surface area contributed by atoms with Gasteiger partial charge in [-0.15, -0.1) is 0 Å². The molecule has 0 aromatic heterocycles. The second-order valence-electron chi connectivity index (χ2n) is 8.03. The summed E-state index contributed by atoms with van der Waals surface area (Å²) in [4.78, 5) is 13.7. The summed E-state index contributed by atoms with van der Waals surface area (Å²) in [7, 11) is 0. The van der Waals surface area contributed by atoms with Crippen LogP contribution < -0.4 is 0 Å². The number of ether oxygens (including phenoxy) is 2. The van der Waals surface area contributed by atoms with E-state index in [2.05, 4.69) is 0 Å². The summed E-state index contributed by atoms with van der Waals surface area (Å²) in [6.45, 7) is 3.52. The highest BCUT2D eigenvalue weighted by atomic mass is 19.1. The number of rotatable bonds is 2. The minimum absolute atomic E-state index is 0.0740. The van der Waals surface area contributed by atoms with E-state index in [9.17, 15) is 9.18 Å². The van der Waals surface area contributed by atoms with Gasteiger partial charge in [0.05, 0.1) is 11.3 Å². The lowest BCUT2D eigenvalue weighted by molar-refractivity contribution is -0.166. The summed E-state index contributed by atoms with van der Waals surface area (Å²) in [6, 6.07) is 19.3. The first kappa shape index (κ1) is 16.8. The maximum absolute atomic E-state index is 15.0. The number of benzene rings is 2. The lowest BCUT2D eigenvalue weighted by Gasteiger charge is -2.56. The van der Waals surface area contributed by atoms with E-state index in [1.807, 2.05) is 60.7 Å². The van der Waals surface area contributed by atoms with Crippen LogP contribution in [0, 0.1) is 11.8 Å². The average Bonchev–Trinajstić information content (AvgIpc) is 2.99. The molecule has 0 unspecified atom stereocenters. The molecular formula is C23H21FO3. The minimum Gasteiger partial charge on any atom is -0.343 e. The van der Waals surface area contributed by atoms with Crippen LogP contribution in [0.1, 0.15) is 25.0 Å². The van der Waals surface area contributed by atoms with Gasteiger partial charge in [-0.2, -0.15) is 0 Å². The normalized spacial score (nSPS) is 32.9. The molecule has 5 rings (SSSR count). The van der Waals surface area contributed by atoms with Crippen molar-refractivity contribution in [2.24, 2.45) is 11.8 Å². The Bertz CT molecular complexity index is 880. The van der Waals surface area contributed by atoms with E-state index < -0.39 is 29.3 Å². The van der Waals surface area contributed by atoms with Crippen LogP contribution in [0.3, 0.4) is 0 Å². The van der Waals surface area contributed by atoms with Crippen molar-refractivity contribution >= 4 is 5.78 Å². The zero-order valence-electron chi connectivity index (χ0n) is 15.3. The van der Waals surface area contributed by atoms with Crippen molar-refractivity contribution in [1.29, 1.82) is 0 Å². The third-order valence-electron chi connectivity index (χ3n) is 6.13. The summed E-state index contributed by atoms with van der Waals surface area (Å²) in [6.07, 6.45) is 0.218. The molecule has 4 heteroatoms. The van der Waals surface area contributed by atoms with E-state index in [-0.39, 0.29) is 17.5 Å². The third-order valence-corrected chi connectivity index (χ3v) is 6.13. The molecule has 2 aromatic rings. The van der Waals surface area contributed by atoms with Crippen LogP contribution in [-0.2, 0) is 19.7 Å². The highest BCUT2D eigenvalue weighted by Gasteiger charge is 2.69. The number of Topliss-reactive ketones (excluding diaryl/α,β-unsaturated/α-hetero) is 1. The first-order chi connectivity index (χ1) is 12.9. The molecule has 138 valence electrons. The molecule has 0 amide bonds. The van der Waals surface area contributed by atoms with Gasteiger partial charge in [0.25, 0.3) is 0 Å². The SMILES string of the molecule is CC1(C)O[C@@H]2[C@H]3C(=O)C(c4ccccc4)(c4ccccc4)[C@H]3C=C(F)[C@@H]2O1. The molecule has 2 aromatic carbocycles. The zero-order chi connectivity index (χ0) is 18.8. The van der Waals surface area contributed by atoms with E-state index in [4.69, 9.17) is 9.47 Å². The first-order valence-electron chi connectivity index (χ1n) is 9.33. The Labute approximate surface area is 157 Å². The second kappa shape index (κ2) is 5.60. The largest absolute Gasteiger partial charge is 0.343 e. The number of halogens is 1. The lowest BCUT2D eigenvalue weighted by atomic mass is 9.44. The lowest BCUT2D eigenvalue weighted by Crippen LogP contribution is -2.67. The fourth-order valence-electron chi connectivity index (χ4n) is 5.12. The van der Waals surface area contributed by atoms with Crippen LogP contribution in [0.5, 0.6) is 0 Å². The Kier molecular flexibility index (Phi) is 3.49. The number of fused-ring (bicyclic) bond motifs is 3. The Morgan fingerprint density at radius 1 is 0.889 bits per heavy atom. The highest BCUT2D eigenvalue weighted by Crippen LogP contribution is 2.60. The Morgan fingerprint density at radius 3 is 2.00 bits per heavy atom. The molecule has 0 N–H and O–H groups in total. The molecule has 1 heterocycles. The molecule has 27 heavy (non-hydrogen) atoms. The average molecular weight is 364 g/mol. The van der Waals surface area contributed by atoms with Gasteiger partial charge in [-0.05, 0) is 31.1 Å². The van der Waals surface area contributed by atoms with E-state index in [0.29, 0.717) is 0 Å². The maximum Gasteiger partial charge on any atom is 0.164 e. The van der Waals surface area contributed by atoms with Crippen LogP contribution in [0.15, 0.2) is 72.6 Å². The predicted molar refractivity (Wildman–Crippen MR) is 98.7 cm³/mol. The third kappa shape index (κ3) is 2.17. The molecule has 0 spiro atoms. The van der Waals surface area contributed by atoms with Crippen LogP contribution in [0.2, 0.25) is 0 Å². The standard InChI is InChI=1S/C23H21FO3/c1-22(2)26-19-17(24)13-16-18(20(19)27-22)21(25)23(16,14-9-5-3-6-10-14)15-11-7-4-8-12-15/h3-13,16,18-20H,1-2H3/t16-,18-,19-,20+/m0/s1. The van der Waals surface area contributed by atoms with Gasteiger partial charge >= 0.3 is 0 Å². The van der Waals surface area contributed by atoms with Crippen molar-refractivity contribution in [2.45, 2.75) is 37.3 Å². The quantitative estimate of drug-likeness (QED) is 0.802. The van der Waals surface area contributed by atoms with E-state index in [0.717, 1.165) is 11.1 Å². The van der Waals surface area contributed by atoms with Gasteiger partial charge in [-0.3, -0.25) is 4.79 Å². The van der Waals surface area contributed by atoms with Crippen molar-refractivity contribution in [2.75, 3.05) is 0 Å². The molecule has 2 fully saturated rings. The predicted octanol–water partition coefficient (Wildman–Crippen LogP) is 4.17. The summed E-state index contributed by atoms with van der Waals surface area (Å²) in [5, 5.41) is 0. The Morgan fingerprint density at radius 2 is 1.44 bits per heavy atom. The second-order valence-corrected chi connectivity index (χ2v) is 8.03. The van der Waals surface area contributed by atoms with Gasteiger partial charge in [0.15, 0.2) is 11.6 Å². The van der Waals surface area contributed by atoms with Gasteiger partial charge in [-0.25, -0.2) is 4.39 Å². The summed E-state index contributed by atoms with van der Waals surface area (Å²) >= 11 is 0. The maximum atomic E-state index is 15.0. The minimum atomic E-state index is -0.895. The molecule has 1 aliphatic heterocycles. The number of hydrogen-bond acceptors (Lipinski definition) is 3. The van der Waals surface area contributed by atoms with E-state index >= 15 is 0 Å². The van der Waals surface area contributed by atoms with Crippen molar-refractivity contribution in [3.63, 3.8) is 0 Å². The number of carbonyl (C=O) groups is 1. The van der Waals surface area contributed by atoms with Crippen molar-refractivity contribution < 1.29 is 18.7 Å². The molecular weight excluding hydrogens is 343 g/mol. The number of carbonyl (C=O) groups excluding carboxylic acids is 1. The highest BCUT2D eigenvalue weighted by molar-refractivity contribution is 6.04. The van der Waals surface area contributed by atoms with Gasteiger partial charge < -0.3 is 9.47 Å². The molecule has 1 saturated carbocycles. The van der Waals surface area contributed by atoms with Crippen LogP contribution >= 0.6 is 0 Å². The summed E-state index contributed by atoms with van der Waals surface area (Å²) in [5.41, 5.74) is 0.900. The van der Waals surface area contributed by atoms with Gasteiger partial charge in [-0.1, -0.05) is 60.7 Å². The molecule has 0 radical (unpaired) electrons. The fourth-order valence-corrected chi connectivity index (χ4v) is 5.12. The van der Waals surface area contributed by atoms with Gasteiger partial charge in [0.2, 0.25) is 0 Å². The Balaban J connectivity index is 1.68. The Hall–Kier alpha value is -2.30. The molecule has 2 aliphatic carbocycles. The molecule has 4 atom stereocenters. The van der Waals surface area contributed by atoms with Crippen molar-refractivity contribution in [3.8, 4) is 0 Å². The number of allylic oxidation sites excluding steroid dienone is 1. The monoisotopic (exact) mass is 364 g/mol. The van der Waals surface area contributed by atoms with Crippen LogP contribution in [-0.4, -0.2) is 23.8 Å². The smallest absolute Gasteiger partial charge is 0.164 e.